The molecule has 6 nitrogen and oxygen atoms in total. The van der Waals surface area contributed by atoms with E-state index in [1.165, 1.54) is 231 Å². The maximum Gasteiger partial charge on any atom is 0.306 e. The highest BCUT2D eigenvalue weighted by atomic mass is 16.6. The Morgan fingerprint density at radius 1 is 0.267 bits per heavy atom. The molecule has 0 saturated carbocycles. The summed E-state index contributed by atoms with van der Waals surface area (Å²) >= 11 is 0. The molecule has 0 aliphatic heterocycles. The van der Waals surface area contributed by atoms with E-state index in [0.717, 1.165) is 83.5 Å². The minimum Gasteiger partial charge on any atom is -0.462 e. The molecule has 0 aromatic heterocycles. The molecule has 0 bridgehead atoms. The first-order chi connectivity index (χ1) is 37.0. The van der Waals surface area contributed by atoms with Crippen molar-refractivity contribution in [3.8, 4) is 0 Å². The van der Waals surface area contributed by atoms with Crippen molar-refractivity contribution in [2.24, 2.45) is 0 Å². The molecule has 75 heavy (non-hydrogen) atoms. The van der Waals surface area contributed by atoms with Crippen LogP contribution in [0, 0.1) is 0 Å². The molecule has 0 aromatic carbocycles. The normalized spacial score (nSPS) is 12.3. The van der Waals surface area contributed by atoms with Gasteiger partial charge in [-0.15, -0.1) is 0 Å². The van der Waals surface area contributed by atoms with Crippen LogP contribution in [0.3, 0.4) is 0 Å². The molecule has 0 aliphatic rings. The Balaban J connectivity index is 4.31. The maximum atomic E-state index is 12.9. The minimum absolute atomic E-state index is 0.0757. The average Bonchev–Trinajstić information content (AvgIpc) is 3.41. The molecule has 0 heterocycles. The van der Waals surface area contributed by atoms with E-state index in [-0.39, 0.29) is 31.1 Å². The van der Waals surface area contributed by atoms with Gasteiger partial charge in [0.2, 0.25) is 0 Å². The van der Waals surface area contributed by atoms with E-state index in [1.54, 1.807) is 0 Å². The highest BCUT2D eigenvalue weighted by Crippen LogP contribution is 2.18. The molecular formula is C69H126O6. The molecule has 0 aliphatic carbocycles. The predicted octanol–water partition coefficient (Wildman–Crippen LogP) is 22.6. The van der Waals surface area contributed by atoms with E-state index in [4.69, 9.17) is 14.2 Å². The highest BCUT2D eigenvalue weighted by molar-refractivity contribution is 5.71. The topological polar surface area (TPSA) is 78.9 Å². The summed E-state index contributed by atoms with van der Waals surface area (Å²) in [5, 5.41) is 0. The molecular weight excluding hydrogens is 925 g/mol. The Bertz CT molecular complexity index is 1300. The molecule has 1 atom stereocenters. The number of allylic oxidation sites excluding steroid dienone is 8. The van der Waals surface area contributed by atoms with Crippen molar-refractivity contribution in [2.75, 3.05) is 13.2 Å². The first kappa shape index (κ1) is 72.4. The number of carbonyl (C=O) groups is 3. The second-order valence-corrected chi connectivity index (χ2v) is 22.4. The Labute approximate surface area is 467 Å². The van der Waals surface area contributed by atoms with Crippen molar-refractivity contribution in [3.63, 3.8) is 0 Å². The fourth-order valence-electron chi connectivity index (χ4n) is 9.79. The number of rotatable bonds is 61. The van der Waals surface area contributed by atoms with Gasteiger partial charge in [0.25, 0.3) is 0 Å². The number of ether oxygens (including phenoxy) is 3. The maximum absolute atomic E-state index is 12.9. The average molecular weight is 1050 g/mol. The van der Waals surface area contributed by atoms with E-state index in [2.05, 4.69) is 69.4 Å². The van der Waals surface area contributed by atoms with Crippen molar-refractivity contribution in [1.29, 1.82) is 0 Å². The number of carbonyl (C=O) groups excluding carboxylic acids is 3. The largest absolute Gasteiger partial charge is 0.462 e. The molecule has 0 rings (SSSR count). The lowest BCUT2D eigenvalue weighted by atomic mass is 10.0. The van der Waals surface area contributed by atoms with Crippen LogP contribution in [0.2, 0.25) is 0 Å². The van der Waals surface area contributed by atoms with Gasteiger partial charge in [0.05, 0.1) is 0 Å². The molecule has 0 saturated heterocycles. The van der Waals surface area contributed by atoms with Gasteiger partial charge in [0, 0.05) is 19.3 Å². The number of unbranched alkanes of at least 4 members (excludes halogenated alkanes) is 42. The fourth-order valence-corrected chi connectivity index (χ4v) is 9.79. The third-order valence-electron chi connectivity index (χ3n) is 14.8. The number of esters is 3. The summed E-state index contributed by atoms with van der Waals surface area (Å²) in [7, 11) is 0. The van der Waals surface area contributed by atoms with Gasteiger partial charge < -0.3 is 14.2 Å². The van der Waals surface area contributed by atoms with Crippen LogP contribution in [0.1, 0.15) is 355 Å². The van der Waals surface area contributed by atoms with E-state index in [1.807, 2.05) is 0 Å². The highest BCUT2D eigenvalue weighted by Gasteiger charge is 2.19. The third-order valence-corrected chi connectivity index (χ3v) is 14.8. The molecule has 0 spiro atoms. The zero-order chi connectivity index (χ0) is 54.3. The zero-order valence-electron chi connectivity index (χ0n) is 50.3. The lowest BCUT2D eigenvalue weighted by molar-refractivity contribution is -0.167. The molecule has 0 aromatic rings. The van der Waals surface area contributed by atoms with Crippen LogP contribution in [0.5, 0.6) is 0 Å². The standard InChI is InChI=1S/C69H126O6/c1-4-7-10-13-16-19-22-25-28-30-32-34-36-37-39-41-44-47-50-53-56-59-62-68(71)74-65-66(64-73-67(70)61-58-55-52-49-46-43-27-24-21-18-15-12-9-6-3)75-69(72)63-60-57-54-51-48-45-42-40-38-35-33-31-29-26-23-20-17-14-11-8-5-2/h15,18,23-24,26-27,31,33,66H,4-14,16-17,19-22,25,28-30,32,34-65H2,1-3H3/b18-15-,26-23-,27-24-,33-31-. The third kappa shape index (κ3) is 62.1. The van der Waals surface area contributed by atoms with Crippen molar-refractivity contribution in [2.45, 2.75) is 361 Å². The van der Waals surface area contributed by atoms with Crippen LogP contribution in [-0.2, 0) is 28.6 Å². The SMILES string of the molecule is CCCC/C=C\C/C=C\CCCCCCCC(=O)OCC(COC(=O)CCCCCCCCCCCCCCCCCCCCCCCC)OC(=O)CCCCCCCCCCC/C=C\C/C=C\CCCCCCC. The Morgan fingerprint density at radius 2 is 0.493 bits per heavy atom. The fraction of sp³-hybridized carbons (Fsp3) is 0.841. The van der Waals surface area contributed by atoms with Crippen molar-refractivity contribution >= 4 is 17.9 Å². The Kier molecular flexibility index (Phi) is 61.7. The van der Waals surface area contributed by atoms with E-state index in [0.29, 0.717) is 19.3 Å². The van der Waals surface area contributed by atoms with Crippen molar-refractivity contribution in [3.05, 3.63) is 48.6 Å². The van der Waals surface area contributed by atoms with Crippen LogP contribution in [-0.4, -0.2) is 37.2 Å². The Morgan fingerprint density at radius 3 is 0.773 bits per heavy atom. The summed E-state index contributed by atoms with van der Waals surface area (Å²) in [5.41, 5.74) is 0. The first-order valence-electron chi connectivity index (χ1n) is 33.1. The molecule has 0 radical (unpaired) electrons. The van der Waals surface area contributed by atoms with Gasteiger partial charge >= 0.3 is 17.9 Å². The summed E-state index contributed by atoms with van der Waals surface area (Å²) in [6, 6.07) is 0. The van der Waals surface area contributed by atoms with E-state index in [9.17, 15) is 14.4 Å². The van der Waals surface area contributed by atoms with Crippen LogP contribution in [0.25, 0.3) is 0 Å². The van der Waals surface area contributed by atoms with Crippen LogP contribution < -0.4 is 0 Å². The van der Waals surface area contributed by atoms with Gasteiger partial charge in [-0.05, 0) is 77.0 Å². The first-order valence-corrected chi connectivity index (χ1v) is 33.1. The van der Waals surface area contributed by atoms with Crippen molar-refractivity contribution in [1.82, 2.24) is 0 Å². The van der Waals surface area contributed by atoms with E-state index < -0.39 is 6.10 Å². The summed E-state index contributed by atoms with van der Waals surface area (Å²) in [4.78, 5) is 38.3. The second-order valence-electron chi connectivity index (χ2n) is 22.4. The molecule has 0 fully saturated rings. The summed E-state index contributed by atoms with van der Waals surface area (Å²) in [5.74, 6) is -0.872. The van der Waals surface area contributed by atoms with Gasteiger partial charge in [-0.25, -0.2) is 0 Å². The summed E-state index contributed by atoms with van der Waals surface area (Å²) in [6.07, 6.45) is 79.8. The minimum atomic E-state index is -0.781. The molecule has 0 N–H and O–H groups in total. The Hall–Kier alpha value is -2.63. The molecule has 1 unspecified atom stereocenters. The smallest absolute Gasteiger partial charge is 0.306 e. The monoisotopic (exact) mass is 1050 g/mol. The number of hydrogen-bond acceptors (Lipinski definition) is 6. The lowest BCUT2D eigenvalue weighted by Crippen LogP contribution is -2.30. The molecule has 0 amide bonds. The second kappa shape index (κ2) is 63.9. The molecule has 6 heteroatoms. The predicted molar refractivity (Wildman–Crippen MR) is 325 cm³/mol. The number of hydrogen-bond donors (Lipinski definition) is 0. The van der Waals surface area contributed by atoms with Crippen LogP contribution >= 0.6 is 0 Å². The van der Waals surface area contributed by atoms with Gasteiger partial charge in [-0.1, -0.05) is 307 Å². The van der Waals surface area contributed by atoms with Crippen LogP contribution in [0.4, 0.5) is 0 Å². The summed E-state index contributed by atoms with van der Waals surface area (Å²) < 4.78 is 16.9. The van der Waals surface area contributed by atoms with Gasteiger partial charge in [-0.2, -0.15) is 0 Å². The van der Waals surface area contributed by atoms with Gasteiger partial charge in [-0.3, -0.25) is 14.4 Å². The molecule has 438 valence electrons. The van der Waals surface area contributed by atoms with Crippen LogP contribution in [0.15, 0.2) is 48.6 Å². The zero-order valence-corrected chi connectivity index (χ0v) is 50.3. The van der Waals surface area contributed by atoms with E-state index >= 15 is 0 Å². The van der Waals surface area contributed by atoms with Gasteiger partial charge in [0.15, 0.2) is 6.10 Å². The van der Waals surface area contributed by atoms with Crippen molar-refractivity contribution < 1.29 is 28.6 Å². The summed E-state index contributed by atoms with van der Waals surface area (Å²) in [6.45, 7) is 6.63. The van der Waals surface area contributed by atoms with Gasteiger partial charge in [0.1, 0.15) is 13.2 Å². The quantitative estimate of drug-likeness (QED) is 0.0261. The lowest BCUT2D eigenvalue weighted by Gasteiger charge is -2.18.